The van der Waals surface area contributed by atoms with E-state index in [1.165, 1.54) is 36.2 Å². The van der Waals surface area contributed by atoms with Gasteiger partial charge in [0.2, 0.25) is 5.91 Å². The molecule has 0 spiro atoms. The Morgan fingerprint density at radius 2 is 1.90 bits per heavy atom. The zero-order valence-corrected chi connectivity index (χ0v) is 19.3. The number of para-hydroxylation sites is 1. The number of pyridine rings is 1. The van der Waals surface area contributed by atoms with Gasteiger partial charge < -0.3 is 14.8 Å². The topological polar surface area (TPSA) is 86.6 Å². The molecule has 0 aliphatic carbocycles. The van der Waals surface area contributed by atoms with Gasteiger partial charge in [0.1, 0.15) is 16.8 Å². The molecule has 2 heterocycles. The van der Waals surface area contributed by atoms with Crippen LogP contribution in [0.25, 0.3) is 10.9 Å². The number of carbonyl (C=O) groups is 2. The molecule has 0 radical (unpaired) electrons. The second-order valence-electron chi connectivity index (χ2n) is 7.28. The summed E-state index contributed by atoms with van der Waals surface area (Å²) in [6.45, 7) is 7.38. The first-order chi connectivity index (χ1) is 14.7. The maximum absolute atomic E-state index is 13.4. The Morgan fingerprint density at radius 3 is 2.52 bits per heavy atom. The number of thiophene rings is 1. The fraction of sp³-hybridized carbons (Fsp3) is 0.348. The quantitative estimate of drug-likeness (QED) is 0.573. The van der Waals surface area contributed by atoms with Gasteiger partial charge in [-0.2, -0.15) is 0 Å². The van der Waals surface area contributed by atoms with Crippen molar-refractivity contribution in [1.82, 2.24) is 4.57 Å². The van der Waals surface area contributed by atoms with Crippen molar-refractivity contribution in [3.05, 3.63) is 56.2 Å². The van der Waals surface area contributed by atoms with Gasteiger partial charge in [0, 0.05) is 16.3 Å². The van der Waals surface area contributed by atoms with E-state index in [0.29, 0.717) is 28.3 Å². The number of hydrogen-bond acceptors (Lipinski definition) is 6. The highest BCUT2D eigenvalue weighted by Crippen LogP contribution is 2.34. The molecule has 1 amide bonds. The molecule has 0 fully saturated rings. The summed E-state index contributed by atoms with van der Waals surface area (Å²) < 4.78 is 11.9. The van der Waals surface area contributed by atoms with Gasteiger partial charge in [-0.1, -0.05) is 19.1 Å². The monoisotopic (exact) mass is 442 g/mol. The van der Waals surface area contributed by atoms with Gasteiger partial charge in [-0.3, -0.25) is 14.2 Å². The lowest BCUT2D eigenvalue weighted by atomic mass is 10.1. The number of carbonyl (C=O) groups excluding carboxylic acids is 2. The maximum atomic E-state index is 13.4. The molecule has 3 rings (SSSR count). The molecule has 0 saturated heterocycles. The predicted octanol–water partition coefficient (Wildman–Crippen LogP) is 4.37. The number of aromatic nitrogens is 1. The number of hydrogen-bond donors (Lipinski definition) is 1. The Balaban J connectivity index is 2.14. The average molecular weight is 443 g/mol. The SMILES string of the molecule is CCC(C(=O)Nc1sc(C)c(C)c1C(=O)OC)n1c(=O)cc(C)c2cccc(OC)c21. The minimum atomic E-state index is -0.792. The predicted molar refractivity (Wildman–Crippen MR) is 123 cm³/mol. The number of esters is 1. The molecule has 164 valence electrons. The van der Waals surface area contributed by atoms with Gasteiger partial charge in [0.05, 0.1) is 25.3 Å². The van der Waals surface area contributed by atoms with Crippen LogP contribution in [0.3, 0.4) is 0 Å². The molecule has 1 aromatic carbocycles. The molecule has 0 bridgehead atoms. The van der Waals surface area contributed by atoms with Crippen molar-refractivity contribution in [2.45, 2.75) is 40.2 Å². The van der Waals surface area contributed by atoms with Crippen LogP contribution in [-0.2, 0) is 9.53 Å². The summed E-state index contributed by atoms with van der Waals surface area (Å²) >= 11 is 1.31. The van der Waals surface area contributed by atoms with Gasteiger partial charge in [-0.05, 0) is 44.4 Å². The van der Waals surface area contributed by atoms with Crippen LogP contribution in [-0.4, -0.2) is 30.7 Å². The highest BCUT2D eigenvalue weighted by molar-refractivity contribution is 7.16. The average Bonchev–Trinajstić information content (AvgIpc) is 3.02. The van der Waals surface area contributed by atoms with Crippen LogP contribution in [0.15, 0.2) is 29.1 Å². The van der Waals surface area contributed by atoms with Gasteiger partial charge in [0.15, 0.2) is 0 Å². The highest BCUT2D eigenvalue weighted by Gasteiger charge is 2.27. The molecule has 1 atom stereocenters. The molecule has 7 nitrogen and oxygen atoms in total. The summed E-state index contributed by atoms with van der Waals surface area (Å²) in [6.07, 6.45) is 0.374. The number of rotatable bonds is 6. The summed E-state index contributed by atoms with van der Waals surface area (Å²) in [4.78, 5) is 39.5. The van der Waals surface area contributed by atoms with E-state index in [-0.39, 0.29) is 11.5 Å². The van der Waals surface area contributed by atoms with Gasteiger partial charge in [0.25, 0.3) is 5.56 Å². The first kappa shape index (κ1) is 22.6. The normalized spacial score (nSPS) is 11.9. The largest absolute Gasteiger partial charge is 0.495 e. The van der Waals surface area contributed by atoms with Crippen molar-refractivity contribution >= 4 is 39.1 Å². The number of benzene rings is 1. The zero-order chi connectivity index (χ0) is 22.9. The summed E-state index contributed by atoms with van der Waals surface area (Å²) in [5.74, 6) is -0.375. The second-order valence-corrected chi connectivity index (χ2v) is 8.51. The van der Waals surface area contributed by atoms with Crippen molar-refractivity contribution in [1.29, 1.82) is 0 Å². The number of nitrogens with one attached hydrogen (secondary N) is 1. The summed E-state index contributed by atoms with van der Waals surface area (Å²) in [5, 5.41) is 4.11. The van der Waals surface area contributed by atoms with Crippen LogP contribution in [0.1, 0.15) is 45.7 Å². The Hall–Kier alpha value is -3.13. The van der Waals surface area contributed by atoms with Crippen LogP contribution in [0.2, 0.25) is 0 Å². The number of nitrogens with zero attached hydrogens (tertiary/aromatic N) is 1. The van der Waals surface area contributed by atoms with E-state index in [2.05, 4.69) is 5.32 Å². The Morgan fingerprint density at radius 1 is 1.19 bits per heavy atom. The lowest BCUT2D eigenvalue weighted by molar-refractivity contribution is -0.119. The molecule has 31 heavy (non-hydrogen) atoms. The third-order valence-electron chi connectivity index (χ3n) is 5.47. The third-order valence-corrected chi connectivity index (χ3v) is 6.60. The Labute approximate surface area is 184 Å². The number of amides is 1. The van der Waals surface area contributed by atoms with Crippen molar-refractivity contribution in [2.24, 2.45) is 0 Å². The molecule has 1 N–H and O–H groups in total. The second kappa shape index (κ2) is 8.93. The third kappa shape index (κ3) is 3.95. The molecule has 8 heteroatoms. The van der Waals surface area contributed by atoms with E-state index >= 15 is 0 Å². The summed E-state index contributed by atoms with van der Waals surface area (Å²) in [6, 6.07) is 6.25. The molecule has 0 saturated carbocycles. The number of fused-ring (bicyclic) bond motifs is 1. The van der Waals surface area contributed by atoms with Crippen molar-refractivity contribution in [3.63, 3.8) is 0 Å². The first-order valence-electron chi connectivity index (χ1n) is 9.93. The minimum absolute atomic E-state index is 0.289. The Kier molecular flexibility index (Phi) is 6.50. The van der Waals surface area contributed by atoms with Crippen molar-refractivity contribution in [2.75, 3.05) is 19.5 Å². The molecular formula is C23H26N2O5S. The molecule has 3 aromatic rings. The van der Waals surface area contributed by atoms with E-state index in [1.54, 1.807) is 6.07 Å². The molecule has 2 aromatic heterocycles. The lowest BCUT2D eigenvalue weighted by Gasteiger charge is -2.22. The van der Waals surface area contributed by atoms with Crippen molar-refractivity contribution < 1.29 is 19.1 Å². The van der Waals surface area contributed by atoms with Crippen molar-refractivity contribution in [3.8, 4) is 5.75 Å². The Bertz CT molecular complexity index is 1220. The fourth-order valence-corrected chi connectivity index (χ4v) is 4.80. The summed E-state index contributed by atoms with van der Waals surface area (Å²) in [7, 11) is 2.84. The molecule has 0 aliphatic heterocycles. The number of methoxy groups -OCH3 is 2. The lowest BCUT2D eigenvalue weighted by Crippen LogP contribution is -2.33. The van der Waals surface area contributed by atoms with E-state index in [1.807, 2.05) is 39.8 Å². The standard InChI is InChI=1S/C23H26N2O5S/c1-7-16(21(27)24-22-19(23(28)30-6)13(3)14(4)31-22)25-18(26)11-12(2)15-9-8-10-17(29-5)20(15)25/h8-11,16H,7H2,1-6H3,(H,24,27). The molecule has 1 unspecified atom stereocenters. The van der Waals surface area contributed by atoms with E-state index in [0.717, 1.165) is 21.4 Å². The number of anilines is 1. The minimum Gasteiger partial charge on any atom is -0.495 e. The van der Waals surface area contributed by atoms with E-state index in [9.17, 15) is 14.4 Å². The van der Waals surface area contributed by atoms with E-state index < -0.39 is 12.0 Å². The van der Waals surface area contributed by atoms with Crippen LogP contribution >= 0.6 is 11.3 Å². The summed E-state index contributed by atoms with van der Waals surface area (Å²) in [5.41, 5.74) is 2.20. The first-order valence-corrected chi connectivity index (χ1v) is 10.7. The zero-order valence-electron chi connectivity index (χ0n) is 18.5. The highest BCUT2D eigenvalue weighted by atomic mass is 32.1. The number of aryl methyl sites for hydroxylation is 2. The van der Waals surface area contributed by atoms with Gasteiger partial charge in [-0.15, -0.1) is 11.3 Å². The smallest absolute Gasteiger partial charge is 0.341 e. The van der Waals surface area contributed by atoms with E-state index in [4.69, 9.17) is 9.47 Å². The van der Waals surface area contributed by atoms with Gasteiger partial charge in [-0.25, -0.2) is 4.79 Å². The van der Waals surface area contributed by atoms with Crippen LogP contribution in [0, 0.1) is 20.8 Å². The number of ether oxygens (including phenoxy) is 2. The maximum Gasteiger partial charge on any atom is 0.341 e. The van der Waals surface area contributed by atoms with Crippen LogP contribution in [0.5, 0.6) is 5.75 Å². The molecule has 0 aliphatic rings. The fourth-order valence-electron chi connectivity index (χ4n) is 3.75. The van der Waals surface area contributed by atoms with Gasteiger partial charge >= 0.3 is 5.97 Å². The molecular weight excluding hydrogens is 416 g/mol. The van der Waals surface area contributed by atoms with Crippen LogP contribution in [0.4, 0.5) is 5.00 Å². The van der Waals surface area contributed by atoms with Crippen LogP contribution < -0.4 is 15.6 Å².